The molecular weight excluding hydrogens is 198 g/mol. The molecule has 1 spiro atoms. The lowest BCUT2D eigenvalue weighted by atomic mass is 9.87. The van der Waals surface area contributed by atoms with Crippen molar-refractivity contribution >= 4 is 5.69 Å². The molecule has 0 bridgehead atoms. The molecule has 1 aromatic rings. The van der Waals surface area contributed by atoms with Crippen molar-refractivity contribution in [1.82, 2.24) is 0 Å². The van der Waals surface area contributed by atoms with Crippen molar-refractivity contribution in [2.24, 2.45) is 5.41 Å². The Labute approximate surface area is 97.0 Å². The lowest BCUT2D eigenvalue weighted by Crippen LogP contribution is -2.30. The third kappa shape index (κ3) is 1.57. The molecule has 1 heterocycles. The molecule has 1 N–H and O–H groups in total. The molecule has 0 aromatic heterocycles. The van der Waals surface area contributed by atoms with Crippen molar-refractivity contribution in [1.29, 1.82) is 0 Å². The van der Waals surface area contributed by atoms with E-state index in [2.05, 4.69) is 30.4 Å². The molecule has 1 aromatic carbocycles. The third-order valence-corrected chi connectivity index (χ3v) is 4.05. The normalized spacial score (nSPS) is 22.1. The molecule has 0 amide bonds. The highest BCUT2D eigenvalue weighted by Crippen LogP contribution is 2.42. The highest BCUT2D eigenvalue weighted by molar-refractivity contribution is 5.60. The Morgan fingerprint density at radius 1 is 1.25 bits per heavy atom. The first kappa shape index (κ1) is 10.0. The van der Waals surface area contributed by atoms with E-state index in [1.54, 1.807) is 0 Å². The van der Waals surface area contributed by atoms with Gasteiger partial charge in [-0.3, -0.25) is 0 Å². The Bertz CT molecular complexity index is 394. The molecule has 2 aliphatic rings. The van der Waals surface area contributed by atoms with E-state index in [1.807, 2.05) is 0 Å². The average molecular weight is 217 g/mol. The van der Waals surface area contributed by atoms with Crippen LogP contribution in [0.2, 0.25) is 0 Å². The van der Waals surface area contributed by atoms with Crippen LogP contribution in [0.15, 0.2) is 18.2 Å². The minimum atomic E-state index is 0.394. The second kappa shape index (κ2) is 3.69. The van der Waals surface area contributed by atoms with Gasteiger partial charge in [0.05, 0.1) is 12.3 Å². The Balaban J connectivity index is 1.89. The minimum Gasteiger partial charge on any atom is -0.490 e. The topological polar surface area (TPSA) is 21.3 Å². The van der Waals surface area contributed by atoms with Gasteiger partial charge in [-0.2, -0.15) is 0 Å². The summed E-state index contributed by atoms with van der Waals surface area (Å²) in [5.41, 5.74) is 2.80. The van der Waals surface area contributed by atoms with Gasteiger partial charge >= 0.3 is 0 Å². The van der Waals surface area contributed by atoms with Gasteiger partial charge in [-0.25, -0.2) is 0 Å². The summed E-state index contributed by atoms with van der Waals surface area (Å²) >= 11 is 0. The van der Waals surface area contributed by atoms with Gasteiger partial charge in [0.15, 0.2) is 0 Å². The van der Waals surface area contributed by atoms with E-state index in [0.29, 0.717) is 5.41 Å². The number of anilines is 1. The SMILES string of the molecule is Cc1cccc2c1OCC1(CCCC1)CN2. The van der Waals surface area contributed by atoms with Crippen molar-refractivity contribution < 1.29 is 4.74 Å². The Kier molecular flexibility index (Phi) is 2.31. The molecule has 2 nitrogen and oxygen atoms in total. The van der Waals surface area contributed by atoms with Crippen LogP contribution in [0.1, 0.15) is 31.2 Å². The van der Waals surface area contributed by atoms with E-state index in [0.717, 1.165) is 18.9 Å². The Morgan fingerprint density at radius 3 is 2.88 bits per heavy atom. The van der Waals surface area contributed by atoms with Crippen LogP contribution in [-0.2, 0) is 0 Å². The maximum absolute atomic E-state index is 6.05. The van der Waals surface area contributed by atoms with E-state index in [-0.39, 0.29) is 0 Å². The standard InChI is InChI=1S/C14H19NO/c1-11-5-4-6-12-13(11)16-10-14(9-15-12)7-2-3-8-14/h4-6,15H,2-3,7-10H2,1H3. The minimum absolute atomic E-state index is 0.394. The highest BCUT2D eigenvalue weighted by atomic mass is 16.5. The van der Waals surface area contributed by atoms with Crippen LogP contribution in [0.25, 0.3) is 0 Å². The van der Waals surface area contributed by atoms with Crippen LogP contribution in [0.5, 0.6) is 5.75 Å². The zero-order valence-electron chi connectivity index (χ0n) is 9.88. The number of nitrogens with one attached hydrogen (secondary N) is 1. The molecule has 1 fully saturated rings. The van der Waals surface area contributed by atoms with Crippen LogP contribution in [0.4, 0.5) is 5.69 Å². The maximum Gasteiger partial charge on any atom is 0.145 e. The number of benzene rings is 1. The smallest absolute Gasteiger partial charge is 0.145 e. The third-order valence-electron chi connectivity index (χ3n) is 4.05. The van der Waals surface area contributed by atoms with E-state index in [4.69, 9.17) is 4.74 Å². The van der Waals surface area contributed by atoms with Gasteiger partial charge in [0, 0.05) is 12.0 Å². The predicted molar refractivity (Wildman–Crippen MR) is 66.1 cm³/mol. The molecule has 1 saturated carbocycles. The van der Waals surface area contributed by atoms with Crippen LogP contribution in [0, 0.1) is 12.3 Å². The summed E-state index contributed by atoms with van der Waals surface area (Å²) in [6.45, 7) is 4.08. The number of rotatable bonds is 0. The first-order valence-electron chi connectivity index (χ1n) is 6.25. The lowest BCUT2D eigenvalue weighted by Gasteiger charge is -2.26. The Morgan fingerprint density at radius 2 is 2.06 bits per heavy atom. The molecule has 0 unspecified atom stereocenters. The molecular formula is C14H19NO. The average Bonchev–Trinajstić information content (AvgIpc) is 2.65. The fourth-order valence-electron chi connectivity index (χ4n) is 2.99. The summed E-state index contributed by atoms with van der Waals surface area (Å²) < 4.78 is 6.05. The molecule has 86 valence electrons. The van der Waals surface area contributed by atoms with Crippen molar-refractivity contribution in [2.75, 3.05) is 18.5 Å². The van der Waals surface area contributed by atoms with E-state index in [9.17, 15) is 0 Å². The van der Waals surface area contributed by atoms with Gasteiger partial charge in [0.25, 0.3) is 0 Å². The van der Waals surface area contributed by atoms with Gasteiger partial charge < -0.3 is 10.1 Å². The molecule has 0 radical (unpaired) electrons. The number of fused-ring (bicyclic) bond motifs is 1. The zero-order valence-corrected chi connectivity index (χ0v) is 9.88. The van der Waals surface area contributed by atoms with Crippen molar-refractivity contribution in [3.63, 3.8) is 0 Å². The number of para-hydroxylation sites is 1. The van der Waals surface area contributed by atoms with E-state index < -0.39 is 0 Å². The number of aryl methyl sites for hydroxylation is 1. The van der Waals surface area contributed by atoms with Gasteiger partial charge in [-0.1, -0.05) is 25.0 Å². The first-order valence-corrected chi connectivity index (χ1v) is 6.25. The molecule has 1 aliphatic heterocycles. The largest absolute Gasteiger partial charge is 0.490 e. The van der Waals surface area contributed by atoms with Gasteiger partial charge in [0.1, 0.15) is 5.75 Å². The summed E-state index contributed by atoms with van der Waals surface area (Å²) in [4.78, 5) is 0. The summed E-state index contributed by atoms with van der Waals surface area (Å²) in [7, 11) is 0. The van der Waals surface area contributed by atoms with Crippen molar-refractivity contribution in [2.45, 2.75) is 32.6 Å². The summed E-state index contributed by atoms with van der Waals surface area (Å²) in [5, 5.41) is 3.57. The predicted octanol–water partition coefficient (Wildman–Crippen LogP) is 3.36. The summed E-state index contributed by atoms with van der Waals surface area (Å²) in [6, 6.07) is 6.33. The summed E-state index contributed by atoms with van der Waals surface area (Å²) in [6.07, 6.45) is 5.35. The van der Waals surface area contributed by atoms with E-state index >= 15 is 0 Å². The number of ether oxygens (including phenoxy) is 1. The second-order valence-corrected chi connectivity index (χ2v) is 5.30. The van der Waals surface area contributed by atoms with Gasteiger partial charge in [-0.05, 0) is 31.4 Å². The van der Waals surface area contributed by atoms with Crippen LogP contribution in [-0.4, -0.2) is 13.2 Å². The molecule has 16 heavy (non-hydrogen) atoms. The van der Waals surface area contributed by atoms with Crippen LogP contribution in [0.3, 0.4) is 0 Å². The maximum atomic E-state index is 6.05. The number of hydrogen-bond acceptors (Lipinski definition) is 2. The molecule has 1 aliphatic carbocycles. The quantitative estimate of drug-likeness (QED) is 0.719. The lowest BCUT2D eigenvalue weighted by molar-refractivity contribution is 0.168. The Hall–Kier alpha value is -1.18. The van der Waals surface area contributed by atoms with E-state index in [1.165, 1.54) is 36.9 Å². The van der Waals surface area contributed by atoms with Crippen molar-refractivity contribution in [3.8, 4) is 5.75 Å². The highest BCUT2D eigenvalue weighted by Gasteiger charge is 2.36. The zero-order chi connectivity index (χ0) is 11.0. The monoisotopic (exact) mass is 217 g/mol. The molecule has 2 heteroatoms. The van der Waals surface area contributed by atoms with Crippen LogP contribution < -0.4 is 10.1 Å². The molecule has 0 saturated heterocycles. The second-order valence-electron chi connectivity index (χ2n) is 5.30. The van der Waals surface area contributed by atoms with Crippen LogP contribution >= 0.6 is 0 Å². The summed E-state index contributed by atoms with van der Waals surface area (Å²) in [5.74, 6) is 1.06. The molecule has 3 rings (SSSR count). The van der Waals surface area contributed by atoms with Gasteiger partial charge in [0.2, 0.25) is 0 Å². The fraction of sp³-hybridized carbons (Fsp3) is 0.571. The fourth-order valence-corrected chi connectivity index (χ4v) is 2.99. The van der Waals surface area contributed by atoms with Gasteiger partial charge in [-0.15, -0.1) is 0 Å². The van der Waals surface area contributed by atoms with Crippen molar-refractivity contribution in [3.05, 3.63) is 23.8 Å². The number of hydrogen-bond donors (Lipinski definition) is 1. The first-order chi connectivity index (χ1) is 7.79. The molecule has 0 atom stereocenters.